The van der Waals surface area contributed by atoms with Crippen molar-refractivity contribution >= 4 is 27.5 Å². The van der Waals surface area contributed by atoms with Gasteiger partial charge < -0.3 is 13.9 Å². The Balaban J connectivity index is 1.53. The molecule has 2 heterocycles. The maximum Gasteiger partial charge on any atom is 0.344 e. The molecule has 34 heavy (non-hydrogen) atoms. The van der Waals surface area contributed by atoms with Gasteiger partial charge in [-0.1, -0.05) is 60.7 Å². The van der Waals surface area contributed by atoms with Crippen LogP contribution >= 0.6 is 0 Å². The molecular weight excluding hydrogens is 428 g/mol. The van der Waals surface area contributed by atoms with Crippen molar-refractivity contribution in [2.75, 3.05) is 7.11 Å². The van der Waals surface area contributed by atoms with E-state index >= 15 is 0 Å². The normalized spacial score (nSPS) is 16.9. The second-order valence-corrected chi connectivity index (χ2v) is 8.34. The molecule has 4 aromatic carbocycles. The lowest BCUT2D eigenvalue weighted by atomic mass is 9.85. The van der Waals surface area contributed by atoms with Crippen LogP contribution in [-0.4, -0.2) is 19.0 Å². The van der Waals surface area contributed by atoms with E-state index in [0.29, 0.717) is 33.6 Å². The Morgan fingerprint density at radius 3 is 2.38 bits per heavy atom. The lowest BCUT2D eigenvalue weighted by Gasteiger charge is -2.18. The smallest absolute Gasteiger partial charge is 0.344 e. The topological polar surface area (TPSA) is 65.7 Å². The molecule has 0 saturated heterocycles. The number of rotatable bonds is 4. The minimum absolute atomic E-state index is 0.189. The molecule has 0 amide bonds. The average Bonchev–Trinajstić information content (AvgIpc) is 3.30. The Hall–Kier alpha value is -4.38. The summed E-state index contributed by atoms with van der Waals surface area (Å²) in [4.78, 5) is 27.0. The lowest BCUT2D eigenvalue weighted by molar-refractivity contribution is 0.0808. The number of benzene rings is 4. The van der Waals surface area contributed by atoms with Crippen LogP contribution < -0.4 is 15.1 Å². The second-order valence-electron chi connectivity index (χ2n) is 8.34. The fraction of sp³-hybridized carbons (Fsp3) is 0.103. The Morgan fingerprint density at radius 2 is 1.59 bits per heavy atom. The highest BCUT2D eigenvalue weighted by molar-refractivity contribution is 6.04. The van der Waals surface area contributed by atoms with Crippen LogP contribution in [0.1, 0.15) is 27.4 Å². The van der Waals surface area contributed by atoms with Crippen molar-refractivity contribution in [2.24, 2.45) is 0 Å². The summed E-state index contributed by atoms with van der Waals surface area (Å²) in [6.07, 6.45) is -0.904. The fourth-order valence-electron chi connectivity index (χ4n) is 4.74. The highest BCUT2D eigenvalue weighted by Gasteiger charge is 2.44. The maximum absolute atomic E-state index is 13.8. The lowest BCUT2D eigenvalue weighted by Crippen LogP contribution is -2.31. The minimum Gasteiger partial charge on any atom is -0.497 e. The summed E-state index contributed by atoms with van der Waals surface area (Å²) in [7, 11) is 1.59. The van der Waals surface area contributed by atoms with Crippen molar-refractivity contribution in [3.05, 3.63) is 118 Å². The van der Waals surface area contributed by atoms with Crippen molar-refractivity contribution < 1.29 is 18.7 Å². The van der Waals surface area contributed by atoms with E-state index in [2.05, 4.69) is 0 Å². The number of methoxy groups -OCH3 is 1. The van der Waals surface area contributed by atoms with E-state index in [1.807, 2.05) is 78.9 Å². The first-order chi connectivity index (χ1) is 16.6. The molecule has 5 nitrogen and oxygen atoms in total. The third-order valence-electron chi connectivity index (χ3n) is 6.42. The Bertz CT molecular complexity index is 1610. The number of hydrogen-bond acceptors (Lipinski definition) is 5. The third kappa shape index (κ3) is 3.17. The Kier molecular flexibility index (Phi) is 4.69. The van der Waals surface area contributed by atoms with Crippen molar-refractivity contribution in [3.63, 3.8) is 0 Å². The van der Waals surface area contributed by atoms with Gasteiger partial charge in [0.2, 0.25) is 5.78 Å². The molecule has 0 radical (unpaired) electrons. The van der Waals surface area contributed by atoms with Crippen molar-refractivity contribution in [2.45, 2.75) is 12.0 Å². The van der Waals surface area contributed by atoms with Crippen LogP contribution in [0.5, 0.6) is 11.5 Å². The van der Waals surface area contributed by atoms with Gasteiger partial charge in [0, 0.05) is 5.56 Å². The van der Waals surface area contributed by atoms with Crippen molar-refractivity contribution in [1.82, 2.24) is 0 Å². The molecule has 0 bridgehead atoms. The van der Waals surface area contributed by atoms with Crippen LogP contribution in [0.15, 0.2) is 100 Å². The number of Topliss-reactive ketones (excluding diaryl/α,β-unsaturated/α-hetero) is 1. The summed E-state index contributed by atoms with van der Waals surface area (Å²) < 4.78 is 17.2. The molecule has 1 aliphatic rings. The molecule has 5 aromatic rings. The molecule has 0 fully saturated rings. The largest absolute Gasteiger partial charge is 0.497 e. The molecule has 0 unspecified atom stereocenters. The van der Waals surface area contributed by atoms with Gasteiger partial charge >= 0.3 is 5.63 Å². The first-order valence-corrected chi connectivity index (χ1v) is 11.0. The second kappa shape index (κ2) is 7.89. The number of carbonyl (C=O) groups is 1. The quantitative estimate of drug-likeness (QED) is 0.259. The summed E-state index contributed by atoms with van der Waals surface area (Å²) in [5.74, 6) is 0.296. The van der Waals surface area contributed by atoms with Gasteiger partial charge in [0.25, 0.3) is 0 Å². The van der Waals surface area contributed by atoms with Crippen LogP contribution in [0.2, 0.25) is 0 Å². The molecule has 0 aliphatic carbocycles. The van der Waals surface area contributed by atoms with E-state index in [4.69, 9.17) is 13.9 Å². The van der Waals surface area contributed by atoms with E-state index in [1.54, 1.807) is 19.2 Å². The number of ketones is 1. The van der Waals surface area contributed by atoms with Gasteiger partial charge in [-0.3, -0.25) is 4.79 Å². The molecule has 0 saturated carbocycles. The number of carbonyl (C=O) groups excluding carboxylic acids is 1. The van der Waals surface area contributed by atoms with E-state index in [0.717, 1.165) is 16.3 Å². The predicted octanol–water partition coefficient (Wildman–Crippen LogP) is 5.73. The zero-order valence-electron chi connectivity index (χ0n) is 18.4. The van der Waals surface area contributed by atoms with Crippen LogP contribution in [0.25, 0.3) is 21.7 Å². The molecule has 2 atom stereocenters. The summed E-state index contributed by atoms with van der Waals surface area (Å²) in [6, 6.07) is 28.0. The van der Waals surface area contributed by atoms with Gasteiger partial charge in [0.1, 0.15) is 17.1 Å². The third-order valence-corrected chi connectivity index (χ3v) is 6.42. The van der Waals surface area contributed by atoms with Gasteiger partial charge in [0.15, 0.2) is 6.10 Å². The Labute approximate surface area is 195 Å². The number of para-hydroxylation sites is 1. The van der Waals surface area contributed by atoms with Crippen LogP contribution in [0.3, 0.4) is 0 Å². The average molecular weight is 448 g/mol. The van der Waals surface area contributed by atoms with Gasteiger partial charge in [-0.15, -0.1) is 0 Å². The maximum atomic E-state index is 13.8. The monoisotopic (exact) mass is 448 g/mol. The number of ether oxygens (including phenoxy) is 2. The van der Waals surface area contributed by atoms with Crippen molar-refractivity contribution in [1.29, 1.82) is 0 Å². The molecule has 1 aliphatic heterocycles. The fourth-order valence-corrected chi connectivity index (χ4v) is 4.74. The predicted molar refractivity (Wildman–Crippen MR) is 130 cm³/mol. The molecule has 5 heteroatoms. The van der Waals surface area contributed by atoms with Gasteiger partial charge in [-0.25, -0.2) is 4.79 Å². The summed E-state index contributed by atoms with van der Waals surface area (Å²) in [5.41, 5.74) is 1.61. The molecule has 0 N–H and O–H groups in total. The molecular formula is C29H20O5. The van der Waals surface area contributed by atoms with Crippen LogP contribution in [0.4, 0.5) is 0 Å². The summed E-state index contributed by atoms with van der Waals surface area (Å²) in [5, 5.41) is 2.69. The van der Waals surface area contributed by atoms with E-state index in [-0.39, 0.29) is 5.78 Å². The SMILES string of the molecule is COc1ccc([C@H]2c3c(c4ccccc4oc3=O)O[C@@H]2C(=O)c2ccc3ccccc3c2)cc1. The number of fused-ring (bicyclic) bond motifs is 4. The van der Waals surface area contributed by atoms with Crippen LogP contribution in [-0.2, 0) is 0 Å². The minimum atomic E-state index is -0.904. The highest BCUT2D eigenvalue weighted by Crippen LogP contribution is 2.45. The van der Waals surface area contributed by atoms with Gasteiger partial charge in [-0.05, 0) is 46.7 Å². The standard InChI is InChI=1S/C29H20O5/c1-32-21-14-12-18(13-15-21)24-25-27(22-8-4-5-9-23(22)33-29(25)31)34-28(24)26(30)20-11-10-17-6-2-3-7-19(17)16-20/h2-16,24,28H,1H3/t24-,28-/m0/s1. The van der Waals surface area contributed by atoms with Crippen LogP contribution in [0, 0.1) is 0 Å². The molecule has 166 valence electrons. The molecule has 1 aromatic heterocycles. The Morgan fingerprint density at radius 1 is 0.853 bits per heavy atom. The first kappa shape index (κ1) is 20.2. The zero-order valence-corrected chi connectivity index (χ0v) is 18.4. The van der Waals surface area contributed by atoms with Crippen molar-refractivity contribution in [3.8, 4) is 11.5 Å². The van der Waals surface area contributed by atoms with E-state index in [9.17, 15) is 9.59 Å². The van der Waals surface area contributed by atoms with E-state index in [1.165, 1.54) is 0 Å². The molecule has 6 rings (SSSR count). The molecule has 0 spiro atoms. The number of hydrogen-bond donors (Lipinski definition) is 0. The summed E-state index contributed by atoms with van der Waals surface area (Å²) >= 11 is 0. The van der Waals surface area contributed by atoms with Gasteiger partial charge in [-0.2, -0.15) is 0 Å². The zero-order chi connectivity index (χ0) is 23.2. The van der Waals surface area contributed by atoms with E-state index < -0.39 is 17.6 Å². The van der Waals surface area contributed by atoms with Gasteiger partial charge in [0.05, 0.1) is 24.0 Å². The summed E-state index contributed by atoms with van der Waals surface area (Å²) in [6.45, 7) is 0. The highest BCUT2D eigenvalue weighted by atomic mass is 16.5. The first-order valence-electron chi connectivity index (χ1n) is 11.0.